The van der Waals surface area contributed by atoms with Crippen LogP contribution in [-0.4, -0.2) is 10.5 Å². The Morgan fingerprint density at radius 2 is 1.92 bits per heavy atom. The van der Waals surface area contributed by atoms with Crippen molar-refractivity contribution < 1.29 is 0 Å². The van der Waals surface area contributed by atoms with E-state index in [4.69, 9.17) is 6.42 Å². The highest BCUT2D eigenvalue weighted by Gasteiger charge is 2.22. The third kappa shape index (κ3) is 4.07. The maximum absolute atomic E-state index is 5.40. The second-order valence-corrected chi connectivity index (χ2v) is 5.76. The molecule has 0 N–H and O–H groups in total. The van der Waals surface area contributed by atoms with Gasteiger partial charge in [-0.3, -0.25) is 0 Å². The van der Waals surface area contributed by atoms with Crippen LogP contribution in [0, 0.1) is 17.8 Å². The second-order valence-electron chi connectivity index (χ2n) is 4.21. The molecule has 0 spiro atoms. The summed E-state index contributed by atoms with van der Waals surface area (Å²) in [6.45, 7) is 11.2. The van der Waals surface area contributed by atoms with Crippen molar-refractivity contribution in [2.45, 2.75) is 51.5 Å². The minimum absolute atomic E-state index is 0.356. The highest BCUT2D eigenvalue weighted by Crippen LogP contribution is 2.33. The zero-order chi connectivity index (χ0) is 9.78. The summed E-state index contributed by atoms with van der Waals surface area (Å²) in [6.07, 6.45) is 6.48. The van der Waals surface area contributed by atoms with E-state index in [1.807, 2.05) is 11.8 Å². The lowest BCUT2D eigenvalue weighted by Crippen LogP contribution is -2.22. The van der Waals surface area contributed by atoms with Crippen LogP contribution < -0.4 is 0 Å². The van der Waals surface area contributed by atoms with Gasteiger partial charge in [0, 0.05) is 5.25 Å². The molecule has 0 aromatic carbocycles. The Hall–Kier alpha value is -0.0900. The van der Waals surface area contributed by atoms with Crippen molar-refractivity contribution in [3.63, 3.8) is 0 Å². The predicted molar refractivity (Wildman–Crippen MR) is 59.4 cm³/mol. The van der Waals surface area contributed by atoms with Crippen LogP contribution in [0.15, 0.2) is 0 Å². The number of terminal acetylenes is 1. The molecule has 2 unspecified atom stereocenters. The minimum atomic E-state index is 0.356. The molecule has 0 aromatic rings. The van der Waals surface area contributed by atoms with Gasteiger partial charge in [-0.2, -0.15) is 0 Å². The molecule has 0 heterocycles. The van der Waals surface area contributed by atoms with Gasteiger partial charge in [0.1, 0.15) is 0 Å². The van der Waals surface area contributed by atoms with Crippen LogP contribution in [0.5, 0.6) is 0 Å². The molecule has 0 aliphatic rings. The average Bonchev–Trinajstić information content (AvgIpc) is 1.97. The molecule has 12 heavy (non-hydrogen) atoms. The topological polar surface area (TPSA) is 0 Å². The van der Waals surface area contributed by atoms with E-state index in [1.165, 1.54) is 0 Å². The minimum Gasteiger partial charge on any atom is -0.142 e. The Kier molecular flexibility index (Phi) is 4.78. The monoisotopic (exact) mass is 184 g/mol. The average molecular weight is 184 g/mol. The molecule has 0 aromatic heterocycles. The number of thioether (sulfide) groups is 1. The van der Waals surface area contributed by atoms with Gasteiger partial charge in [0.05, 0.1) is 5.25 Å². The first-order chi connectivity index (χ1) is 5.41. The third-order valence-corrected chi connectivity index (χ3v) is 4.06. The Morgan fingerprint density at radius 3 is 2.17 bits per heavy atom. The van der Waals surface area contributed by atoms with Gasteiger partial charge in [0.2, 0.25) is 0 Å². The van der Waals surface area contributed by atoms with E-state index in [0.717, 1.165) is 6.42 Å². The molecule has 0 radical (unpaired) electrons. The summed E-state index contributed by atoms with van der Waals surface area (Å²) in [5, 5.41) is 1.01. The maximum Gasteiger partial charge on any atom is 0.0654 e. The van der Waals surface area contributed by atoms with Gasteiger partial charge in [-0.25, -0.2) is 0 Å². The van der Waals surface area contributed by atoms with E-state index < -0.39 is 0 Å². The fourth-order valence-corrected chi connectivity index (χ4v) is 1.88. The lowest BCUT2D eigenvalue weighted by atomic mass is 9.93. The van der Waals surface area contributed by atoms with Crippen molar-refractivity contribution in [1.82, 2.24) is 0 Å². The molecular weight excluding hydrogens is 164 g/mol. The molecule has 0 saturated heterocycles. The molecule has 0 rings (SSSR count). The summed E-state index contributed by atoms with van der Waals surface area (Å²) in [6, 6.07) is 0. The fraction of sp³-hybridized carbons (Fsp3) is 0.818. The van der Waals surface area contributed by atoms with Crippen molar-refractivity contribution in [3.8, 4) is 12.3 Å². The quantitative estimate of drug-likeness (QED) is 0.604. The van der Waals surface area contributed by atoms with E-state index in [1.54, 1.807) is 0 Å². The van der Waals surface area contributed by atoms with Gasteiger partial charge < -0.3 is 0 Å². The molecule has 0 bridgehead atoms. The summed E-state index contributed by atoms with van der Waals surface area (Å²) in [7, 11) is 0. The van der Waals surface area contributed by atoms with Gasteiger partial charge >= 0.3 is 0 Å². The van der Waals surface area contributed by atoms with E-state index in [-0.39, 0.29) is 0 Å². The lowest BCUT2D eigenvalue weighted by Gasteiger charge is -2.28. The smallest absolute Gasteiger partial charge is 0.0654 e. The second kappa shape index (κ2) is 4.82. The first-order valence-corrected chi connectivity index (χ1v) is 5.47. The van der Waals surface area contributed by atoms with Crippen LogP contribution in [0.2, 0.25) is 0 Å². The van der Waals surface area contributed by atoms with E-state index in [2.05, 4.69) is 40.5 Å². The van der Waals surface area contributed by atoms with E-state index in [9.17, 15) is 0 Å². The molecule has 0 aliphatic heterocycles. The largest absolute Gasteiger partial charge is 0.142 e. The zero-order valence-electron chi connectivity index (χ0n) is 8.85. The van der Waals surface area contributed by atoms with Crippen LogP contribution in [0.1, 0.15) is 41.0 Å². The molecule has 2 atom stereocenters. The van der Waals surface area contributed by atoms with Crippen molar-refractivity contribution in [3.05, 3.63) is 0 Å². The van der Waals surface area contributed by atoms with Crippen LogP contribution in [0.3, 0.4) is 0 Å². The lowest BCUT2D eigenvalue weighted by molar-refractivity contribution is 0.410. The summed E-state index contributed by atoms with van der Waals surface area (Å²) in [5.41, 5.74) is 0.356. The Bertz CT molecular complexity index is 159. The highest BCUT2D eigenvalue weighted by molar-refractivity contribution is 8.00. The van der Waals surface area contributed by atoms with Crippen molar-refractivity contribution in [2.75, 3.05) is 0 Å². The normalized spacial score (nSPS) is 16.7. The van der Waals surface area contributed by atoms with Gasteiger partial charge in [-0.1, -0.05) is 40.5 Å². The molecule has 0 aliphatic carbocycles. The van der Waals surface area contributed by atoms with Crippen LogP contribution in [0.4, 0.5) is 0 Å². The van der Waals surface area contributed by atoms with Crippen molar-refractivity contribution in [1.29, 1.82) is 0 Å². The van der Waals surface area contributed by atoms with Crippen molar-refractivity contribution in [2.24, 2.45) is 5.41 Å². The predicted octanol–water partition coefficient (Wildman–Crippen LogP) is 3.57. The summed E-state index contributed by atoms with van der Waals surface area (Å²) >= 11 is 1.92. The fourth-order valence-electron chi connectivity index (χ4n) is 0.704. The molecule has 0 saturated carbocycles. The zero-order valence-corrected chi connectivity index (χ0v) is 9.66. The van der Waals surface area contributed by atoms with Crippen LogP contribution in [0.25, 0.3) is 0 Å². The maximum atomic E-state index is 5.40. The first-order valence-electron chi connectivity index (χ1n) is 4.53. The molecule has 0 amide bonds. The first kappa shape index (κ1) is 11.9. The summed E-state index contributed by atoms with van der Waals surface area (Å²) < 4.78 is 0. The van der Waals surface area contributed by atoms with Crippen molar-refractivity contribution >= 4 is 11.8 Å². The van der Waals surface area contributed by atoms with Gasteiger partial charge in [0.15, 0.2) is 0 Å². The highest BCUT2D eigenvalue weighted by atomic mass is 32.2. The van der Waals surface area contributed by atoms with Crippen LogP contribution >= 0.6 is 11.8 Å². The third-order valence-electron chi connectivity index (χ3n) is 2.14. The SMILES string of the molecule is C#CC(CC)SC(C)C(C)(C)C. The van der Waals surface area contributed by atoms with E-state index in [0.29, 0.717) is 15.9 Å². The molecule has 70 valence electrons. The number of hydrogen-bond donors (Lipinski definition) is 0. The number of rotatable bonds is 3. The molecule has 0 nitrogen and oxygen atoms in total. The van der Waals surface area contributed by atoms with E-state index >= 15 is 0 Å². The molecule has 1 heteroatoms. The Labute approximate surface area is 81.5 Å². The summed E-state index contributed by atoms with van der Waals surface area (Å²) in [5.74, 6) is 2.82. The Balaban J connectivity index is 4.01. The number of hydrogen-bond acceptors (Lipinski definition) is 1. The standard InChI is InChI=1S/C11H20S/c1-7-10(8-2)12-9(3)11(4,5)6/h1,9-10H,8H2,2-6H3. The Morgan fingerprint density at radius 1 is 1.42 bits per heavy atom. The summed E-state index contributed by atoms with van der Waals surface area (Å²) in [4.78, 5) is 0. The molecular formula is C11H20S. The molecule has 0 fully saturated rings. The van der Waals surface area contributed by atoms with Gasteiger partial charge in [-0.15, -0.1) is 18.2 Å². The van der Waals surface area contributed by atoms with Gasteiger partial charge in [-0.05, 0) is 11.8 Å². The van der Waals surface area contributed by atoms with Crippen LogP contribution in [-0.2, 0) is 0 Å². The van der Waals surface area contributed by atoms with Gasteiger partial charge in [0.25, 0.3) is 0 Å².